The van der Waals surface area contributed by atoms with Gasteiger partial charge in [0, 0.05) is 19.3 Å². The van der Waals surface area contributed by atoms with Crippen molar-refractivity contribution in [1.29, 1.82) is 0 Å². The van der Waals surface area contributed by atoms with Gasteiger partial charge in [0.25, 0.3) is 0 Å². The fraction of sp³-hybridized carbons (Fsp3) is 0.571. The van der Waals surface area contributed by atoms with E-state index >= 15 is 0 Å². The average Bonchev–Trinajstić information content (AvgIpc) is 2.32. The predicted molar refractivity (Wildman–Crippen MR) is 41.3 cm³/mol. The van der Waals surface area contributed by atoms with Crippen molar-refractivity contribution < 1.29 is 14.4 Å². The van der Waals surface area contributed by atoms with Crippen LogP contribution in [0, 0.1) is 0 Å². The Balaban J connectivity index is 2.66. The van der Waals surface area contributed by atoms with Crippen LogP contribution < -0.4 is 0 Å². The standard InChI is InChI=1S/C7H8BNO3/c8-4-3-7(12)9-5(10)1-2-6(9)11/h1-4H2. The Morgan fingerprint density at radius 2 is 1.83 bits per heavy atom. The topological polar surface area (TPSA) is 54.5 Å². The average molecular weight is 165 g/mol. The lowest BCUT2D eigenvalue weighted by atomic mass is 10.0. The molecule has 1 rings (SSSR count). The molecule has 0 atom stereocenters. The van der Waals surface area contributed by atoms with Gasteiger partial charge in [-0.1, -0.05) is 6.32 Å². The molecule has 0 spiro atoms. The summed E-state index contributed by atoms with van der Waals surface area (Å²) in [6, 6.07) is 0. The summed E-state index contributed by atoms with van der Waals surface area (Å²) in [5.41, 5.74) is 0. The molecule has 12 heavy (non-hydrogen) atoms. The van der Waals surface area contributed by atoms with Gasteiger partial charge in [-0.05, 0) is 0 Å². The van der Waals surface area contributed by atoms with Gasteiger partial charge >= 0.3 is 0 Å². The Morgan fingerprint density at radius 3 is 2.25 bits per heavy atom. The Morgan fingerprint density at radius 1 is 1.33 bits per heavy atom. The van der Waals surface area contributed by atoms with Crippen LogP contribution in [0.1, 0.15) is 19.3 Å². The van der Waals surface area contributed by atoms with Crippen LogP contribution in [0.15, 0.2) is 0 Å². The van der Waals surface area contributed by atoms with Crippen LogP contribution in [0.2, 0.25) is 6.32 Å². The lowest BCUT2D eigenvalue weighted by molar-refractivity contribution is -0.149. The summed E-state index contributed by atoms with van der Waals surface area (Å²) in [5, 5.41) is 0. The molecule has 4 nitrogen and oxygen atoms in total. The number of hydrogen-bond acceptors (Lipinski definition) is 3. The van der Waals surface area contributed by atoms with Crippen molar-refractivity contribution in [1.82, 2.24) is 4.90 Å². The zero-order valence-electron chi connectivity index (χ0n) is 6.58. The number of carbonyl (C=O) groups is 3. The van der Waals surface area contributed by atoms with Crippen LogP contribution in [-0.2, 0) is 14.4 Å². The molecule has 0 unspecified atom stereocenters. The molecule has 1 saturated heterocycles. The molecule has 1 fully saturated rings. The van der Waals surface area contributed by atoms with Crippen LogP contribution in [0.25, 0.3) is 0 Å². The van der Waals surface area contributed by atoms with Gasteiger partial charge in [0.1, 0.15) is 0 Å². The molecule has 0 saturated carbocycles. The molecule has 3 amide bonds. The summed E-state index contributed by atoms with van der Waals surface area (Å²) in [6.07, 6.45) is 0.512. The first-order valence-corrected chi connectivity index (χ1v) is 3.75. The number of likely N-dealkylation sites (tertiary alicyclic amines) is 1. The summed E-state index contributed by atoms with van der Waals surface area (Å²) in [6.45, 7) is 0. The van der Waals surface area contributed by atoms with Crippen LogP contribution in [0.4, 0.5) is 0 Å². The zero-order chi connectivity index (χ0) is 9.14. The van der Waals surface area contributed by atoms with Gasteiger partial charge in [-0.2, -0.15) is 0 Å². The van der Waals surface area contributed by atoms with Gasteiger partial charge in [-0.25, -0.2) is 4.90 Å². The number of nitrogens with zero attached hydrogens (tertiary/aromatic N) is 1. The molecule has 1 aliphatic heterocycles. The highest BCUT2D eigenvalue weighted by Crippen LogP contribution is 2.13. The van der Waals surface area contributed by atoms with E-state index in [2.05, 4.69) is 0 Å². The minimum Gasteiger partial charge on any atom is -0.274 e. The van der Waals surface area contributed by atoms with Crippen molar-refractivity contribution in [2.24, 2.45) is 0 Å². The van der Waals surface area contributed by atoms with Gasteiger partial charge < -0.3 is 0 Å². The molecule has 0 aromatic heterocycles. The lowest BCUT2D eigenvalue weighted by Gasteiger charge is -2.09. The highest BCUT2D eigenvalue weighted by atomic mass is 16.2. The quantitative estimate of drug-likeness (QED) is 0.414. The Kier molecular flexibility index (Phi) is 2.63. The summed E-state index contributed by atoms with van der Waals surface area (Å²) in [7, 11) is 5.12. The van der Waals surface area contributed by atoms with E-state index in [1.807, 2.05) is 0 Å². The second-order valence-corrected chi connectivity index (χ2v) is 2.56. The van der Waals surface area contributed by atoms with Gasteiger partial charge in [-0.15, -0.1) is 0 Å². The third kappa shape index (κ3) is 1.54. The minimum atomic E-state index is -0.481. The Labute approximate surface area is 71.3 Å². The third-order valence-corrected chi connectivity index (χ3v) is 1.66. The maximum absolute atomic E-state index is 11.1. The Bertz CT molecular complexity index is 223. The minimum absolute atomic E-state index is 0.0531. The number of carbonyl (C=O) groups excluding carboxylic acids is 3. The van der Waals surface area contributed by atoms with Crippen molar-refractivity contribution in [2.45, 2.75) is 25.6 Å². The first-order chi connectivity index (χ1) is 5.66. The van der Waals surface area contributed by atoms with E-state index in [4.69, 9.17) is 7.85 Å². The number of amides is 3. The normalized spacial score (nSPS) is 17.2. The fourth-order valence-corrected chi connectivity index (χ4v) is 1.09. The van der Waals surface area contributed by atoms with E-state index in [1.165, 1.54) is 0 Å². The van der Waals surface area contributed by atoms with E-state index < -0.39 is 17.7 Å². The zero-order valence-corrected chi connectivity index (χ0v) is 6.58. The van der Waals surface area contributed by atoms with Crippen molar-refractivity contribution in [3.05, 3.63) is 0 Å². The lowest BCUT2D eigenvalue weighted by Crippen LogP contribution is -2.35. The van der Waals surface area contributed by atoms with E-state index in [1.54, 1.807) is 0 Å². The molecule has 62 valence electrons. The molecule has 0 aromatic carbocycles. The largest absolute Gasteiger partial charge is 0.274 e. The Hall–Kier alpha value is -1.13. The van der Waals surface area contributed by atoms with Gasteiger partial charge in [0.15, 0.2) is 0 Å². The smallest absolute Gasteiger partial charge is 0.236 e. The maximum Gasteiger partial charge on any atom is 0.236 e. The third-order valence-electron chi connectivity index (χ3n) is 1.66. The summed E-state index contributed by atoms with van der Waals surface area (Å²) >= 11 is 0. The molecule has 5 heteroatoms. The molecule has 0 aromatic rings. The molecular weight excluding hydrogens is 157 g/mol. The SMILES string of the molecule is [B]CCC(=O)N1C(=O)CCC1=O. The van der Waals surface area contributed by atoms with Gasteiger partial charge in [0.05, 0.1) is 7.85 Å². The second kappa shape index (κ2) is 3.52. The van der Waals surface area contributed by atoms with Crippen molar-refractivity contribution in [3.8, 4) is 0 Å². The maximum atomic E-state index is 11.1. The fourth-order valence-electron chi connectivity index (χ4n) is 1.09. The summed E-state index contributed by atoms with van der Waals surface area (Å²) in [4.78, 5) is 33.7. The second-order valence-electron chi connectivity index (χ2n) is 2.56. The van der Waals surface area contributed by atoms with Crippen LogP contribution in [0.5, 0.6) is 0 Å². The first kappa shape index (κ1) is 8.97. The van der Waals surface area contributed by atoms with E-state index in [-0.39, 0.29) is 25.6 Å². The highest BCUT2D eigenvalue weighted by Gasteiger charge is 2.33. The molecule has 0 N–H and O–H groups in total. The van der Waals surface area contributed by atoms with Crippen molar-refractivity contribution in [2.75, 3.05) is 0 Å². The summed E-state index contributed by atoms with van der Waals surface area (Å²) < 4.78 is 0. The number of hydrogen-bond donors (Lipinski definition) is 0. The highest BCUT2D eigenvalue weighted by molar-refractivity contribution is 6.16. The monoisotopic (exact) mass is 165 g/mol. The van der Waals surface area contributed by atoms with E-state index in [0.717, 1.165) is 0 Å². The number of imide groups is 3. The molecule has 0 bridgehead atoms. The van der Waals surface area contributed by atoms with Crippen molar-refractivity contribution >= 4 is 25.6 Å². The van der Waals surface area contributed by atoms with E-state index in [9.17, 15) is 14.4 Å². The first-order valence-electron chi connectivity index (χ1n) is 3.75. The van der Waals surface area contributed by atoms with Crippen LogP contribution in [0.3, 0.4) is 0 Å². The molecule has 1 heterocycles. The summed E-state index contributed by atoms with van der Waals surface area (Å²) in [5.74, 6) is -1.29. The van der Waals surface area contributed by atoms with Gasteiger partial charge in [0.2, 0.25) is 17.7 Å². The van der Waals surface area contributed by atoms with Gasteiger partial charge in [-0.3, -0.25) is 14.4 Å². The van der Waals surface area contributed by atoms with E-state index in [0.29, 0.717) is 4.90 Å². The molecular formula is C7H8BNO3. The van der Waals surface area contributed by atoms with Crippen molar-refractivity contribution in [3.63, 3.8) is 0 Å². The molecule has 1 aliphatic rings. The van der Waals surface area contributed by atoms with Crippen LogP contribution >= 0.6 is 0 Å². The van der Waals surface area contributed by atoms with Crippen LogP contribution in [-0.4, -0.2) is 30.5 Å². The number of rotatable bonds is 2. The predicted octanol–water partition coefficient (Wildman–Crippen LogP) is -0.361. The molecule has 0 aliphatic carbocycles. The molecule has 2 radical (unpaired) electrons.